The summed E-state index contributed by atoms with van der Waals surface area (Å²) in [6.45, 7) is 8.63. The molecule has 1 heterocycles. The lowest BCUT2D eigenvalue weighted by molar-refractivity contribution is -0.154. The van der Waals surface area contributed by atoms with E-state index in [1.807, 2.05) is 0 Å². The van der Waals surface area contributed by atoms with Crippen LogP contribution in [0.1, 0.15) is 84.3 Å². The topological polar surface area (TPSA) is 199 Å². The number of hydrogen-bond donors (Lipinski definition) is 3. The minimum atomic E-state index is -1.19. The number of Topliss-reactive ketones (excluding diaryl/α,β-unsaturated/α-hetero) is 2. The van der Waals surface area contributed by atoms with Crippen molar-refractivity contribution >= 4 is 47.1 Å². The van der Waals surface area contributed by atoms with Gasteiger partial charge in [0.2, 0.25) is 17.7 Å². The molecular weight excluding hydrogens is 608 g/mol. The quantitative estimate of drug-likeness (QED) is 0.113. The molecule has 2 rings (SSSR count). The Morgan fingerprint density at radius 3 is 2.00 bits per heavy atom. The van der Waals surface area contributed by atoms with Gasteiger partial charge in [-0.25, -0.2) is 0 Å². The lowest BCUT2D eigenvalue weighted by atomic mass is 9.97. The number of carbonyl (C=O) groups excluding carboxylic acids is 8. The van der Waals surface area contributed by atoms with Crippen LogP contribution in [0.4, 0.5) is 0 Å². The molecule has 13 nitrogen and oxygen atoms in total. The molecule has 0 radical (unpaired) electrons. The predicted octanol–water partition coefficient (Wildman–Crippen LogP) is 1.83. The van der Waals surface area contributed by atoms with Gasteiger partial charge < -0.3 is 21.1 Å². The summed E-state index contributed by atoms with van der Waals surface area (Å²) in [5, 5.41) is 5.16. The van der Waals surface area contributed by atoms with Gasteiger partial charge in [-0.1, -0.05) is 37.6 Å². The van der Waals surface area contributed by atoms with E-state index in [-0.39, 0.29) is 61.9 Å². The summed E-state index contributed by atoms with van der Waals surface area (Å²) >= 11 is 0. The largest absolute Gasteiger partial charge is 0.460 e. The highest BCUT2D eigenvalue weighted by atomic mass is 16.5. The first-order valence-electron chi connectivity index (χ1n) is 15.7. The molecule has 0 saturated carbocycles. The van der Waals surface area contributed by atoms with Gasteiger partial charge in [0.15, 0.2) is 11.6 Å². The van der Waals surface area contributed by atoms with Crippen LogP contribution in [0.3, 0.4) is 0 Å². The molecule has 13 heteroatoms. The Morgan fingerprint density at radius 2 is 1.43 bits per heavy atom. The van der Waals surface area contributed by atoms with Crippen LogP contribution in [0.15, 0.2) is 36.4 Å². The van der Waals surface area contributed by atoms with Crippen LogP contribution in [0.25, 0.3) is 0 Å². The number of benzene rings is 1. The molecule has 4 N–H and O–H groups in total. The smallest absolute Gasteiger partial charge is 0.311 e. The highest BCUT2D eigenvalue weighted by Gasteiger charge is 2.28. The lowest BCUT2D eigenvalue weighted by Gasteiger charge is -2.20. The van der Waals surface area contributed by atoms with Crippen LogP contribution in [-0.2, 0) is 56.1 Å². The fourth-order valence-corrected chi connectivity index (χ4v) is 4.55. The maximum atomic E-state index is 13.0. The molecule has 0 fully saturated rings. The van der Waals surface area contributed by atoms with Crippen molar-refractivity contribution in [1.82, 2.24) is 15.5 Å². The van der Waals surface area contributed by atoms with E-state index < -0.39 is 47.4 Å². The molecule has 1 aromatic rings. The predicted molar refractivity (Wildman–Crippen MR) is 171 cm³/mol. The van der Waals surface area contributed by atoms with Crippen molar-refractivity contribution < 1.29 is 43.1 Å². The summed E-state index contributed by atoms with van der Waals surface area (Å²) in [6, 6.07) is 4.76. The Bertz CT molecular complexity index is 1360. The van der Waals surface area contributed by atoms with E-state index in [1.165, 1.54) is 26.0 Å². The Morgan fingerprint density at radius 1 is 0.830 bits per heavy atom. The molecule has 1 aliphatic rings. The number of nitrogens with two attached hydrogens (primary N) is 1. The molecule has 0 spiro atoms. The number of ketones is 2. The highest BCUT2D eigenvalue weighted by Crippen LogP contribution is 2.17. The number of amides is 5. The standard InChI is InChI=1S/C34H46N4O9/c1-21(17-26(39)22(2)36-29(42)9-7-6-8-16-38-30(43)14-15-31(38)44)32(45)37-25(19-28(35)41)27(40)18-23-10-12-24(13-11-23)20-47-33(46)34(3,4)5/h10-15,21-22,25H,6-9,16-20H2,1-5H3,(H2,35,41)(H,36,42)(H,37,45)/t21-,22+,25+/m1/s1. The van der Waals surface area contributed by atoms with E-state index in [1.54, 1.807) is 45.0 Å². The van der Waals surface area contributed by atoms with E-state index in [0.717, 1.165) is 10.5 Å². The normalized spacial score (nSPS) is 14.7. The van der Waals surface area contributed by atoms with E-state index >= 15 is 0 Å². The summed E-state index contributed by atoms with van der Waals surface area (Å²) in [7, 11) is 0. The van der Waals surface area contributed by atoms with Crippen molar-refractivity contribution in [3.05, 3.63) is 47.5 Å². The van der Waals surface area contributed by atoms with Gasteiger partial charge in [0.05, 0.1) is 23.9 Å². The third kappa shape index (κ3) is 13.3. The van der Waals surface area contributed by atoms with Crippen LogP contribution in [0, 0.1) is 11.3 Å². The van der Waals surface area contributed by atoms with Crippen LogP contribution >= 0.6 is 0 Å². The zero-order chi connectivity index (χ0) is 35.3. The number of esters is 1. The number of imide groups is 1. The van der Waals surface area contributed by atoms with Crippen molar-refractivity contribution in [1.29, 1.82) is 0 Å². The number of carbonyl (C=O) groups is 8. The molecule has 0 saturated heterocycles. The van der Waals surface area contributed by atoms with Crippen molar-refractivity contribution in [3.63, 3.8) is 0 Å². The average molecular weight is 655 g/mol. The van der Waals surface area contributed by atoms with E-state index in [0.29, 0.717) is 24.8 Å². The summed E-state index contributed by atoms with van der Waals surface area (Å²) < 4.78 is 5.30. The van der Waals surface area contributed by atoms with Gasteiger partial charge in [0.1, 0.15) is 6.61 Å². The second-order valence-electron chi connectivity index (χ2n) is 12.9. The minimum absolute atomic E-state index is 0.0783. The van der Waals surface area contributed by atoms with Crippen molar-refractivity contribution in [2.75, 3.05) is 6.54 Å². The monoisotopic (exact) mass is 654 g/mol. The Hall–Kier alpha value is -4.68. The second-order valence-corrected chi connectivity index (χ2v) is 12.9. The Kier molecular flexibility index (Phi) is 14.6. The van der Waals surface area contributed by atoms with E-state index in [2.05, 4.69) is 10.6 Å². The molecule has 1 aromatic carbocycles. The SMILES string of the molecule is C[C@H](CC(=O)[C@H](C)NC(=O)CCCCCN1C(=O)C=CC1=O)C(=O)N[C@@H](CC(N)=O)C(=O)Cc1ccc(COC(=O)C(C)(C)C)cc1. The molecule has 5 amide bonds. The molecule has 0 aliphatic carbocycles. The first-order chi connectivity index (χ1) is 22.0. The third-order valence-electron chi connectivity index (χ3n) is 7.50. The van der Waals surface area contributed by atoms with Gasteiger partial charge in [0.25, 0.3) is 11.8 Å². The van der Waals surface area contributed by atoms with Gasteiger partial charge in [-0.15, -0.1) is 0 Å². The number of nitrogens with one attached hydrogen (secondary N) is 2. The van der Waals surface area contributed by atoms with E-state index in [9.17, 15) is 38.4 Å². The zero-order valence-corrected chi connectivity index (χ0v) is 27.8. The number of primary amides is 1. The van der Waals surface area contributed by atoms with Crippen LogP contribution < -0.4 is 16.4 Å². The Balaban J connectivity index is 1.80. The van der Waals surface area contributed by atoms with Gasteiger partial charge in [-0.3, -0.25) is 43.3 Å². The molecule has 1 aliphatic heterocycles. The summed E-state index contributed by atoms with van der Waals surface area (Å²) in [6.07, 6.45) is 3.53. The summed E-state index contributed by atoms with van der Waals surface area (Å²) in [4.78, 5) is 99.0. The zero-order valence-electron chi connectivity index (χ0n) is 27.8. The summed E-state index contributed by atoms with van der Waals surface area (Å²) in [5.41, 5.74) is 6.05. The summed E-state index contributed by atoms with van der Waals surface area (Å²) in [5.74, 6) is -4.46. The number of rotatable bonds is 19. The average Bonchev–Trinajstić information content (AvgIpc) is 3.31. The lowest BCUT2D eigenvalue weighted by Crippen LogP contribution is -2.47. The maximum absolute atomic E-state index is 13.0. The van der Waals surface area contributed by atoms with Crippen molar-refractivity contribution in [3.8, 4) is 0 Å². The second kappa shape index (κ2) is 17.9. The Labute approximate surface area is 275 Å². The number of nitrogens with zero attached hydrogens (tertiary/aromatic N) is 1. The number of hydrogen-bond acceptors (Lipinski definition) is 9. The third-order valence-corrected chi connectivity index (χ3v) is 7.50. The first kappa shape index (κ1) is 38.5. The van der Waals surface area contributed by atoms with Crippen LogP contribution in [0.2, 0.25) is 0 Å². The number of ether oxygens (including phenoxy) is 1. The highest BCUT2D eigenvalue weighted by molar-refractivity contribution is 6.12. The maximum Gasteiger partial charge on any atom is 0.311 e. The molecule has 3 atom stereocenters. The number of unbranched alkanes of at least 4 members (excludes halogenated alkanes) is 2. The van der Waals surface area contributed by atoms with Gasteiger partial charge >= 0.3 is 5.97 Å². The van der Waals surface area contributed by atoms with Crippen LogP contribution in [0.5, 0.6) is 0 Å². The van der Waals surface area contributed by atoms with Gasteiger partial charge in [-0.05, 0) is 51.7 Å². The van der Waals surface area contributed by atoms with Crippen LogP contribution in [-0.4, -0.2) is 70.6 Å². The van der Waals surface area contributed by atoms with Gasteiger partial charge in [-0.2, -0.15) is 0 Å². The van der Waals surface area contributed by atoms with Crippen molar-refractivity contribution in [2.24, 2.45) is 17.1 Å². The van der Waals surface area contributed by atoms with Crippen molar-refractivity contribution in [2.45, 2.75) is 98.3 Å². The fraction of sp³-hybridized carbons (Fsp3) is 0.529. The van der Waals surface area contributed by atoms with Gasteiger partial charge in [0, 0.05) is 43.9 Å². The molecule has 0 unspecified atom stereocenters. The minimum Gasteiger partial charge on any atom is -0.460 e. The van der Waals surface area contributed by atoms with E-state index in [4.69, 9.17) is 10.5 Å². The molecule has 47 heavy (non-hydrogen) atoms. The molecule has 256 valence electrons. The fourth-order valence-electron chi connectivity index (χ4n) is 4.55. The molecular formula is C34H46N4O9. The molecule has 0 bridgehead atoms. The molecule has 0 aromatic heterocycles. The first-order valence-corrected chi connectivity index (χ1v) is 15.7.